The topological polar surface area (TPSA) is 46.3 Å². The van der Waals surface area contributed by atoms with Crippen molar-refractivity contribution < 1.29 is 4.79 Å². The summed E-state index contributed by atoms with van der Waals surface area (Å²) in [5.41, 5.74) is 7.37. The van der Waals surface area contributed by atoms with Crippen molar-refractivity contribution in [1.29, 1.82) is 0 Å². The largest absolute Gasteiger partial charge is 0.398 e. The van der Waals surface area contributed by atoms with E-state index >= 15 is 0 Å². The molecule has 0 saturated carbocycles. The molecule has 4 heteroatoms. The van der Waals surface area contributed by atoms with Crippen molar-refractivity contribution >= 4 is 22.9 Å². The molecule has 1 amide bonds. The van der Waals surface area contributed by atoms with Gasteiger partial charge < -0.3 is 10.6 Å². The smallest absolute Gasteiger partial charge is 0.264 e. The zero-order valence-electron chi connectivity index (χ0n) is 9.59. The van der Waals surface area contributed by atoms with Gasteiger partial charge in [-0.3, -0.25) is 4.79 Å². The molecule has 1 aromatic heterocycles. The van der Waals surface area contributed by atoms with E-state index in [1.807, 2.05) is 30.3 Å². The van der Waals surface area contributed by atoms with Crippen LogP contribution in [0.5, 0.6) is 0 Å². The van der Waals surface area contributed by atoms with E-state index in [0.29, 0.717) is 17.1 Å². The number of hydrogen-bond acceptors (Lipinski definition) is 3. The highest BCUT2D eigenvalue weighted by molar-refractivity contribution is 7.12. The second-order valence-electron chi connectivity index (χ2n) is 3.89. The van der Waals surface area contributed by atoms with Crippen molar-refractivity contribution in [1.82, 2.24) is 4.90 Å². The predicted molar refractivity (Wildman–Crippen MR) is 71.0 cm³/mol. The van der Waals surface area contributed by atoms with E-state index in [1.54, 1.807) is 23.4 Å². The minimum atomic E-state index is 0.00977. The molecular weight excluding hydrogens is 232 g/mol. The number of nitrogens with zero attached hydrogens (tertiary/aromatic N) is 1. The number of anilines is 1. The standard InChI is InChI=1S/C13H14N2OS/c1-15(8-10-5-3-2-4-6-10)13(16)12-7-11(14)9-17-12/h2-7,9H,8,14H2,1H3. The number of nitrogens with two attached hydrogens (primary N) is 1. The Balaban J connectivity index is 2.06. The Kier molecular flexibility index (Phi) is 3.44. The van der Waals surface area contributed by atoms with Crippen molar-refractivity contribution in [3.05, 3.63) is 52.2 Å². The van der Waals surface area contributed by atoms with Crippen LogP contribution in [-0.2, 0) is 6.54 Å². The molecule has 2 N–H and O–H groups in total. The number of amides is 1. The molecule has 1 heterocycles. The van der Waals surface area contributed by atoms with Gasteiger partial charge in [0.2, 0.25) is 0 Å². The van der Waals surface area contributed by atoms with Crippen LogP contribution in [0.15, 0.2) is 41.8 Å². The molecule has 0 radical (unpaired) electrons. The zero-order chi connectivity index (χ0) is 12.3. The van der Waals surface area contributed by atoms with E-state index in [0.717, 1.165) is 5.56 Å². The molecule has 1 aromatic carbocycles. The Hall–Kier alpha value is -1.81. The van der Waals surface area contributed by atoms with Crippen LogP contribution in [0.2, 0.25) is 0 Å². The third-order valence-corrected chi connectivity index (χ3v) is 3.38. The Morgan fingerprint density at radius 2 is 2.06 bits per heavy atom. The summed E-state index contributed by atoms with van der Waals surface area (Å²) >= 11 is 1.38. The maximum Gasteiger partial charge on any atom is 0.264 e. The van der Waals surface area contributed by atoms with Crippen molar-refractivity contribution in [2.24, 2.45) is 0 Å². The molecule has 17 heavy (non-hydrogen) atoms. The number of nitrogen functional groups attached to an aromatic ring is 1. The first-order valence-electron chi connectivity index (χ1n) is 5.30. The number of hydrogen-bond donors (Lipinski definition) is 1. The molecule has 88 valence electrons. The van der Waals surface area contributed by atoms with Crippen LogP contribution in [-0.4, -0.2) is 17.9 Å². The van der Waals surface area contributed by atoms with E-state index in [2.05, 4.69) is 0 Å². The van der Waals surface area contributed by atoms with Gasteiger partial charge in [0.25, 0.3) is 5.91 Å². The average Bonchev–Trinajstić information content (AvgIpc) is 2.76. The van der Waals surface area contributed by atoms with E-state index in [-0.39, 0.29) is 5.91 Å². The lowest BCUT2D eigenvalue weighted by Gasteiger charge is -2.16. The number of carbonyl (C=O) groups excluding carboxylic acids is 1. The fourth-order valence-corrected chi connectivity index (χ4v) is 2.37. The quantitative estimate of drug-likeness (QED) is 0.904. The van der Waals surface area contributed by atoms with Gasteiger partial charge in [-0.15, -0.1) is 11.3 Å². The molecular formula is C13H14N2OS. The maximum atomic E-state index is 12.0. The van der Waals surface area contributed by atoms with Gasteiger partial charge in [-0.1, -0.05) is 30.3 Å². The fourth-order valence-electron chi connectivity index (χ4n) is 1.58. The second kappa shape index (κ2) is 5.01. The van der Waals surface area contributed by atoms with Gasteiger partial charge in [-0.25, -0.2) is 0 Å². The lowest BCUT2D eigenvalue weighted by atomic mass is 10.2. The van der Waals surface area contributed by atoms with E-state index in [9.17, 15) is 4.79 Å². The van der Waals surface area contributed by atoms with Crippen LogP contribution < -0.4 is 5.73 Å². The molecule has 0 aliphatic rings. The second-order valence-corrected chi connectivity index (χ2v) is 4.80. The molecule has 0 fully saturated rings. The van der Waals surface area contributed by atoms with Crippen molar-refractivity contribution in [3.8, 4) is 0 Å². The van der Waals surface area contributed by atoms with Crippen LogP contribution in [0, 0.1) is 0 Å². The van der Waals surface area contributed by atoms with Crippen LogP contribution in [0.25, 0.3) is 0 Å². The van der Waals surface area contributed by atoms with Crippen LogP contribution in [0.4, 0.5) is 5.69 Å². The third kappa shape index (κ3) is 2.85. The highest BCUT2D eigenvalue weighted by Crippen LogP contribution is 2.18. The molecule has 0 unspecified atom stereocenters. The summed E-state index contributed by atoms with van der Waals surface area (Å²) in [5, 5.41) is 1.78. The van der Waals surface area contributed by atoms with Crippen molar-refractivity contribution in [3.63, 3.8) is 0 Å². The van der Waals surface area contributed by atoms with Crippen LogP contribution >= 0.6 is 11.3 Å². The Bertz CT molecular complexity index is 507. The number of thiophene rings is 1. The van der Waals surface area contributed by atoms with Crippen LogP contribution in [0.1, 0.15) is 15.2 Å². The lowest BCUT2D eigenvalue weighted by Crippen LogP contribution is -2.25. The highest BCUT2D eigenvalue weighted by atomic mass is 32.1. The summed E-state index contributed by atoms with van der Waals surface area (Å²) in [6, 6.07) is 11.6. The Labute approximate surface area is 104 Å². The van der Waals surface area contributed by atoms with Crippen molar-refractivity contribution in [2.45, 2.75) is 6.54 Å². The molecule has 0 aliphatic carbocycles. The molecule has 0 bridgehead atoms. The number of benzene rings is 1. The first-order chi connectivity index (χ1) is 8.16. The van der Waals surface area contributed by atoms with E-state index in [4.69, 9.17) is 5.73 Å². The van der Waals surface area contributed by atoms with Crippen LogP contribution in [0.3, 0.4) is 0 Å². The monoisotopic (exact) mass is 246 g/mol. The summed E-state index contributed by atoms with van der Waals surface area (Å²) in [6.07, 6.45) is 0. The third-order valence-electron chi connectivity index (χ3n) is 2.44. The summed E-state index contributed by atoms with van der Waals surface area (Å²) < 4.78 is 0. The van der Waals surface area contributed by atoms with Gasteiger partial charge in [-0.05, 0) is 11.6 Å². The van der Waals surface area contributed by atoms with Gasteiger partial charge in [0, 0.05) is 24.7 Å². The molecule has 0 spiro atoms. The Morgan fingerprint density at radius 3 is 2.65 bits per heavy atom. The summed E-state index contributed by atoms with van der Waals surface area (Å²) in [5.74, 6) is 0.00977. The van der Waals surface area contributed by atoms with Gasteiger partial charge in [-0.2, -0.15) is 0 Å². The van der Waals surface area contributed by atoms with Gasteiger partial charge >= 0.3 is 0 Å². The van der Waals surface area contributed by atoms with Crippen molar-refractivity contribution in [2.75, 3.05) is 12.8 Å². The average molecular weight is 246 g/mol. The Morgan fingerprint density at radius 1 is 1.35 bits per heavy atom. The van der Waals surface area contributed by atoms with Gasteiger partial charge in [0.1, 0.15) is 0 Å². The normalized spacial score (nSPS) is 10.2. The first kappa shape index (κ1) is 11.7. The summed E-state index contributed by atoms with van der Waals surface area (Å²) in [6.45, 7) is 0.609. The first-order valence-corrected chi connectivity index (χ1v) is 6.18. The SMILES string of the molecule is CN(Cc1ccccc1)C(=O)c1cc(N)cs1. The minimum absolute atomic E-state index is 0.00977. The van der Waals surface area contributed by atoms with E-state index < -0.39 is 0 Å². The maximum absolute atomic E-state index is 12.0. The fraction of sp³-hybridized carbons (Fsp3) is 0.154. The summed E-state index contributed by atoms with van der Waals surface area (Å²) in [7, 11) is 1.80. The molecule has 0 aliphatic heterocycles. The number of carbonyl (C=O) groups is 1. The molecule has 2 rings (SSSR count). The molecule has 0 saturated heterocycles. The number of rotatable bonds is 3. The highest BCUT2D eigenvalue weighted by Gasteiger charge is 2.13. The minimum Gasteiger partial charge on any atom is -0.398 e. The molecule has 0 atom stereocenters. The predicted octanol–water partition coefficient (Wildman–Crippen LogP) is 2.60. The zero-order valence-corrected chi connectivity index (χ0v) is 10.4. The van der Waals surface area contributed by atoms with Gasteiger partial charge in [0.05, 0.1) is 4.88 Å². The lowest BCUT2D eigenvalue weighted by molar-refractivity contribution is 0.0790. The summed E-state index contributed by atoms with van der Waals surface area (Å²) in [4.78, 5) is 14.4. The van der Waals surface area contributed by atoms with E-state index in [1.165, 1.54) is 11.3 Å². The molecule has 3 nitrogen and oxygen atoms in total. The molecule has 2 aromatic rings. The van der Waals surface area contributed by atoms with Gasteiger partial charge in [0.15, 0.2) is 0 Å².